The maximum atomic E-state index is 6.05. The van der Waals surface area contributed by atoms with Gasteiger partial charge < -0.3 is 15.0 Å². The van der Waals surface area contributed by atoms with Crippen LogP contribution in [0.4, 0.5) is 0 Å². The number of benzene rings is 1. The zero-order chi connectivity index (χ0) is 15.1. The van der Waals surface area contributed by atoms with E-state index in [4.69, 9.17) is 4.74 Å². The van der Waals surface area contributed by atoms with Gasteiger partial charge in [0.15, 0.2) is 0 Å². The minimum atomic E-state index is 0.686. The van der Waals surface area contributed by atoms with Crippen molar-refractivity contribution in [2.45, 2.75) is 45.2 Å². The van der Waals surface area contributed by atoms with Gasteiger partial charge in [-0.1, -0.05) is 29.3 Å². The molecule has 1 unspecified atom stereocenters. The van der Waals surface area contributed by atoms with Gasteiger partial charge in [-0.2, -0.15) is 0 Å². The van der Waals surface area contributed by atoms with E-state index in [0.717, 1.165) is 36.3 Å². The van der Waals surface area contributed by atoms with Crippen molar-refractivity contribution in [3.63, 3.8) is 0 Å². The molecule has 1 heterocycles. The first-order chi connectivity index (χ1) is 10.2. The maximum absolute atomic E-state index is 6.05. The average molecular weight is 355 g/mol. The number of likely N-dealkylation sites (tertiary alicyclic amines) is 1. The summed E-state index contributed by atoms with van der Waals surface area (Å²) in [7, 11) is 2.24. The highest BCUT2D eigenvalue weighted by molar-refractivity contribution is 9.10. The van der Waals surface area contributed by atoms with Crippen molar-refractivity contribution in [3.05, 3.63) is 28.2 Å². The van der Waals surface area contributed by atoms with Crippen molar-refractivity contribution in [1.29, 1.82) is 0 Å². The van der Waals surface area contributed by atoms with Crippen LogP contribution in [-0.2, 0) is 6.54 Å². The van der Waals surface area contributed by atoms with Crippen molar-refractivity contribution in [2.24, 2.45) is 0 Å². The van der Waals surface area contributed by atoms with E-state index in [2.05, 4.69) is 58.3 Å². The first kappa shape index (κ1) is 16.8. The van der Waals surface area contributed by atoms with Crippen LogP contribution in [0.1, 0.15) is 38.2 Å². The minimum absolute atomic E-state index is 0.686. The zero-order valence-electron chi connectivity index (χ0n) is 13.2. The van der Waals surface area contributed by atoms with Crippen LogP contribution in [0.15, 0.2) is 22.7 Å². The van der Waals surface area contributed by atoms with Gasteiger partial charge in [0.1, 0.15) is 5.75 Å². The Labute approximate surface area is 137 Å². The Hall–Kier alpha value is -0.580. The topological polar surface area (TPSA) is 24.5 Å². The van der Waals surface area contributed by atoms with Crippen LogP contribution in [0.3, 0.4) is 0 Å². The molecule has 1 aromatic carbocycles. The Balaban J connectivity index is 1.87. The average Bonchev–Trinajstić information content (AvgIpc) is 2.49. The van der Waals surface area contributed by atoms with Gasteiger partial charge in [-0.25, -0.2) is 0 Å². The Bertz CT molecular complexity index is 439. The van der Waals surface area contributed by atoms with Crippen molar-refractivity contribution in [3.8, 4) is 5.75 Å². The molecule has 0 aromatic heterocycles. The lowest BCUT2D eigenvalue weighted by Crippen LogP contribution is -2.37. The number of hydrogen-bond donors (Lipinski definition) is 1. The van der Waals surface area contributed by atoms with Crippen molar-refractivity contribution in [2.75, 3.05) is 26.7 Å². The van der Waals surface area contributed by atoms with E-state index < -0.39 is 0 Å². The van der Waals surface area contributed by atoms with Crippen LogP contribution in [0, 0.1) is 0 Å². The summed E-state index contributed by atoms with van der Waals surface area (Å²) in [6, 6.07) is 6.95. The van der Waals surface area contributed by atoms with E-state index in [1.54, 1.807) is 0 Å². The lowest BCUT2D eigenvalue weighted by molar-refractivity contribution is 0.152. The standard InChI is InChI=1S/C17H27BrN2O/c1-3-19-13-14-12-15(18)7-8-17(14)21-11-9-16-6-4-5-10-20(16)2/h7-8,12,16,19H,3-6,9-11,13H2,1-2H3. The summed E-state index contributed by atoms with van der Waals surface area (Å²) in [5, 5.41) is 3.37. The molecule has 0 amide bonds. The Morgan fingerprint density at radius 2 is 2.24 bits per heavy atom. The van der Waals surface area contributed by atoms with E-state index in [0.29, 0.717) is 6.04 Å². The summed E-state index contributed by atoms with van der Waals surface area (Å²) < 4.78 is 7.16. The predicted octanol–water partition coefficient (Wildman–Crippen LogP) is 3.81. The maximum Gasteiger partial charge on any atom is 0.123 e. The molecule has 1 aliphatic rings. The molecule has 0 bridgehead atoms. The zero-order valence-corrected chi connectivity index (χ0v) is 14.8. The van der Waals surface area contributed by atoms with Gasteiger partial charge in [0, 0.05) is 22.6 Å². The Kier molecular flexibility index (Phi) is 7.00. The lowest BCUT2D eigenvalue weighted by atomic mass is 10.0. The number of hydrogen-bond acceptors (Lipinski definition) is 3. The quantitative estimate of drug-likeness (QED) is 0.805. The van der Waals surface area contributed by atoms with E-state index >= 15 is 0 Å². The van der Waals surface area contributed by atoms with Gasteiger partial charge in [-0.05, 0) is 57.6 Å². The van der Waals surface area contributed by atoms with Gasteiger partial charge in [-0.3, -0.25) is 0 Å². The molecule has 4 heteroatoms. The molecule has 0 spiro atoms. The van der Waals surface area contributed by atoms with E-state index in [1.165, 1.54) is 31.4 Å². The number of rotatable bonds is 7. The second-order valence-corrected chi connectivity index (χ2v) is 6.72. The molecule has 2 rings (SSSR count). The third kappa shape index (κ3) is 5.28. The van der Waals surface area contributed by atoms with Crippen LogP contribution in [0.2, 0.25) is 0 Å². The number of nitrogens with zero attached hydrogens (tertiary/aromatic N) is 1. The summed E-state index contributed by atoms with van der Waals surface area (Å²) >= 11 is 3.54. The van der Waals surface area contributed by atoms with E-state index in [1.807, 2.05) is 0 Å². The van der Waals surface area contributed by atoms with Crippen LogP contribution < -0.4 is 10.1 Å². The molecule has 1 aliphatic heterocycles. The molecule has 118 valence electrons. The van der Waals surface area contributed by atoms with Crippen LogP contribution >= 0.6 is 15.9 Å². The molecule has 1 atom stereocenters. The van der Waals surface area contributed by atoms with Crippen molar-refractivity contribution >= 4 is 15.9 Å². The minimum Gasteiger partial charge on any atom is -0.493 e. The SMILES string of the molecule is CCNCc1cc(Br)ccc1OCCC1CCCCN1C. The molecule has 0 aliphatic carbocycles. The van der Waals surface area contributed by atoms with Crippen LogP contribution in [0.25, 0.3) is 0 Å². The summed E-state index contributed by atoms with van der Waals surface area (Å²) in [5.41, 5.74) is 1.23. The molecule has 0 saturated carbocycles. The highest BCUT2D eigenvalue weighted by atomic mass is 79.9. The first-order valence-corrected chi connectivity index (χ1v) is 8.82. The summed E-state index contributed by atoms with van der Waals surface area (Å²) in [5.74, 6) is 1.01. The van der Waals surface area contributed by atoms with Crippen LogP contribution in [0.5, 0.6) is 5.75 Å². The second-order valence-electron chi connectivity index (χ2n) is 5.80. The van der Waals surface area contributed by atoms with Gasteiger partial charge >= 0.3 is 0 Å². The third-order valence-electron chi connectivity index (χ3n) is 4.22. The number of nitrogens with one attached hydrogen (secondary N) is 1. The van der Waals surface area contributed by atoms with Gasteiger partial charge in [-0.15, -0.1) is 0 Å². The fourth-order valence-electron chi connectivity index (χ4n) is 2.90. The monoisotopic (exact) mass is 354 g/mol. The van der Waals surface area contributed by atoms with E-state index in [-0.39, 0.29) is 0 Å². The number of ether oxygens (including phenoxy) is 1. The number of halogens is 1. The van der Waals surface area contributed by atoms with Crippen LogP contribution in [-0.4, -0.2) is 37.7 Å². The normalized spacial score (nSPS) is 19.7. The van der Waals surface area contributed by atoms with Gasteiger partial charge in [0.05, 0.1) is 6.61 Å². The molecule has 1 aromatic rings. The molecular weight excluding hydrogens is 328 g/mol. The Morgan fingerprint density at radius 1 is 1.38 bits per heavy atom. The smallest absolute Gasteiger partial charge is 0.123 e. The van der Waals surface area contributed by atoms with Crippen molar-refractivity contribution < 1.29 is 4.74 Å². The highest BCUT2D eigenvalue weighted by Crippen LogP contribution is 2.24. The largest absolute Gasteiger partial charge is 0.493 e. The molecular formula is C17H27BrN2O. The van der Waals surface area contributed by atoms with Gasteiger partial charge in [0.25, 0.3) is 0 Å². The lowest BCUT2D eigenvalue weighted by Gasteiger charge is -2.32. The third-order valence-corrected chi connectivity index (χ3v) is 4.71. The summed E-state index contributed by atoms with van der Waals surface area (Å²) in [4.78, 5) is 2.48. The Morgan fingerprint density at radius 3 is 3.00 bits per heavy atom. The highest BCUT2D eigenvalue weighted by Gasteiger charge is 2.18. The number of piperidine rings is 1. The molecule has 1 fully saturated rings. The predicted molar refractivity (Wildman–Crippen MR) is 91.9 cm³/mol. The molecule has 0 radical (unpaired) electrons. The summed E-state index contributed by atoms with van der Waals surface area (Å²) in [6.07, 6.45) is 5.13. The first-order valence-electron chi connectivity index (χ1n) is 8.03. The molecule has 1 saturated heterocycles. The fourth-order valence-corrected chi connectivity index (χ4v) is 3.31. The van der Waals surface area contributed by atoms with E-state index in [9.17, 15) is 0 Å². The molecule has 3 nitrogen and oxygen atoms in total. The molecule has 1 N–H and O–H groups in total. The fraction of sp³-hybridized carbons (Fsp3) is 0.647. The van der Waals surface area contributed by atoms with Gasteiger partial charge in [0.2, 0.25) is 0 Å². The summed E-state index contributed by atoms with van der Waals surface area (Å²) in [6.45, 7) is 5.98. The van der Waals surface area contributed by atoms with Crippen molar-refractivity contribution in [1.82, 2.24) is 10.2 Å². The molecule has 21 heavy (non-hydrogen) atoms. The second kappa shape index (κ2) is 8.76.